The second-order valence-corrected chi connectivity index (χ2v) is 4.80. The Morgan fingerprint density at radius 3 is 2.31 bits per heavy atom. The summed E-state index contributed by atoms with van der Waals surface area (Å²) < 4.78 is 5.58. The highest BCUT2D eigenvalue weighted by atomic mass is 16.5. The lowest BCUT2D eigenvalue weighted by Gasteiger charge is -2.32. The predicted octanol–water partition coefficient (Wildman–Crippen LogP) is 3.17. The molecule has 2 atom stereocenters. The van der Waals surface area contributed by atoms with Gasteiger partial charge in [-0.15, -0.1) is 0 Å². The van der Waals surface area contributed by atoms with Gasteiger partial charge in [-0.1, -0.05) is 19.1 Å². The average Bonchev–Trinajstić information content (AvgIpc) is 2.26. The molecule has 2 nitrogen and oxygen atoms in total. The van der Waals surface area contributed by atoms with Crippen LogP contribution in [0.15, 0.2) is 24.3 Å². The van der Waals surface area contributed by atoms with Crippen molar-refractivity contribution in [1.29, 1.82) is 0 Å². The number of ketones is 1. The molecule has 0 radical (unpaired) electrons. The minimum atomic E-state index is 0.192. The quantitative estimate of drug-likeness (QED) is 0.779. The summed E-state index contributed by atoms with van der Waals surface area (Å²) in [5.74, 6) is 1.89. The van der Waals surface area contributed by atoms with Crippen molar-refractivity contribution in [3.05, 3.63) is 29.8 Å². The van der Waals surface area contributed by atoms with Crippen LogP contribution in [0.5, 0.6) is 5.75 Å². The van der Waals surface area contributed by atoms with E-state index in [0.717, 1.165) is 5.75 Å². The van der Waals surface area contributed by atoms with Crippen LogP contribution < -0.4 is 4.74 Å². The fourth-order valence-electron chi connectivity index (χ4n) is 2.12. The number of Topliss-reactive ketones (excluding diaryl/α,β-unsaturated/α-hetero) is 1. The molecule has 1 aliphatic rings. The summed E-state index contributed by atoms with van der Waals surface area (Å²) in [5.41, 5.74) is 1.25. The Balaban J connectivity index is 2.05. The van der Waals surface area contributed by atoms with Crippen LogP contribution in [0.2, 0.25) is 0 Å². The third kappa shape index (κ3) is 2.11. The summed E-state index contributed by atoms with van der Waals surface area (Å²) in [6.07, 6.45) is 0.904. The van der Waals surface area contributed by atoms with Gasteiger partial charge in [-0.25, -0.2) is 0 Å². The van der Waals surface area contributed by atoms with Crippen LogP contribution in [0.3, 0.4) is 0 Å². The maximum absolute atomic E-state index is 11.2. The van der Waals surface area contributed by atoms with Crippen molar-refractivity contribution in [2.24, 2.45) is 5.92 Å². The highest BCUT2D eigenvalue weighted by Gasteiger charge is 2.36. The van der Waals surface area contributed by atoms with Crippen molar-refractivity contribution in [3.8, 4) is 5.75 Å². The molecule has 0 bridgehead atoms. The molecule has 1 aromatic rings. The lowest BCUT2D eigenvalue weighted by atomic mass is 9.70. The van der Waals surface area contributed by atoms with Crippen LogP contribution in [0.1, 0.15) is 38.7 Å². The minimum Gasteiger partial charge on any atom is -0.491 e. The number of hydrogen-bond acceptors (Lipinski definition) is 2. The van der Waals surface area contributed by atoms with E-state index in [1.54, 1.807) is 0 Å². The molecule has 1 saturated carbocycles. The van der Waals surface area contributed by atoms with E-state index < -0.39 is 0 Å². The summed E-state index contributed by atoms with van der Waals surface area (Å²) in [6.45, 7) is 6.04. The van der Waals surface area contributed by atoms with Gasteiger partial charge in [-0.05, 0) is 31.5 Å². The molecular weight excluding hydrogens is 200 g/mol. The first-order valence-electron chi connectivity index (χ1n) is 5.87. The van der Waals surface area contributed by atoms with E-state index in [4.69, 9.17) is 4.74 Å². The van der Waals surface area contributed by atoms with Crippen molar-refractivity contribution in [2.45, 2.75) is 39.2 Å². The molecule has 2 rings (SSSR count). The van der Waals surface area contributed by atoms with Crippen LogP contribution in [-0.4, -0.2) is 11.9 Å². The van der Waals surface area contributed by atoms with Gasteiger partial charge >= 0.3 is 0 Å². The van der Waals surface area contributed by atoms with E-state index in [-0.39, 0.29) is 12.0 Å². The molecular formula is C14H18O2. The third-order valence-corrected chi connectivity index (χ3v) is 3.21. The van der Waals surface area contributed by atoms with Gasteiger partial charge in [0.25, 0.3) is 0 Å². The molecule has 1 fully saturated rings. The third-order valence-electron chi connectivity index (χ3n) is 3.21. The van der Waals surface area contributed by atoms with E-state index in [0.29, 0.717) is 18.1 Å². The summed E-state index contributed by atoms with van der Waals surface area (Å²) >= 11 is 0. The summed E-state index contributed by atoms with van der Waals surface area (Å²) in [4.78, 5) is 11.2. The first kappa shape index (κ1) is 11.2. The molecule has 86 valence electrons. The Kier molecular flexibility index (Phi) is 2.99. The zero-order valence-electron chi connectivity index (χ0n) is 10.1. The van der Waals surface area contributed by atoms with Gasteiger partial charge in [0.15, 0.2) is 0 Å². The second kappa shape index (κ2) is 4.28. The SMILES string of the molecule is CC(C)Oc1ccc(C2CC(=O)C2C)cc1. The first-order valence-corrected chi connectivity index (χ1v) is 5.87. The standard InChI is InChI=1S/C14H18O2/c1-9(2)16-12-6-4-11(5-7-12)13-8-14(15)10(13)3/h4-7,9-10,13H,8H2,1-3H3. The van der Waals surface area contributed by atoms with Gasteiger partial charge < -0.3 is 4.74 Å². The zero-order chi connectivity index (χ0) is 11.7. The van der Waals surface area contributed by atoms with E-state index >= 15 is 0 Å². The van der Waals surface area contributed by atoms with Crippen LogP contribution in [0.4, 0.5) is 0 Å². The maximum atomic E-state index is 11.2. The Morgan fingerprint density at radius 2 is 1.88 bits per heavy atom. The van der Waals surface area contributed by atoms with Crippen molar-refractivity contribution < 1.29 is 9.53 Å². The molecule has 2 heteroatoms. The monoisotopic (exact) mass is 218 g/mol. The Labute approximate surface area is 96.6 Å². The maximum Gasteiger partial charge on any atom is 0.136 e. The topological polar surface area (TPSA) is 26.3 Å². The molecule has 2 unspecified atom stereocenters. The van der Waals surface area contributed by atoms with Crippen molar-refractivity contribution in [1.82, 2.24) is 0 Å². The minimum absolute atomic E-state index is 0.192. The second-order valence-electron chi connectivity index (χ2n) is 4.80. The van der Waals surface area contributed by atoms with Gasteiger partial charge in [0, 0.05) is 18.3 Å². The molecule has 16 heavy (non-hydrogen) atoms. The number of rotatable bonds is 3. The van der Waals surface area contributed by atoms with Crippen LogP contribution >= 0.6 is 0 Å². The summed E-state index contributed by atoms with van der Waals surface area (Å²) in [6, 6.07) is 8.13. The van der Waals surface area contributed by atoms with Gasteiger partial charge in [0.2, 0.25) is 0 Å². The lowest BCUT2D eigenvalue weighted by molar-refractivity contribution is -0.130. The first-order chi connectivity index (χ1) is 7.58. The van der Waals surface area contributed by atoms with Crippen LogP contribution in [0, 0.1) is 5.92 Å². The van der Waals surface area contributed by atoms with Crippen molar-refractivity contribution in [2.75, 3.05) is 0 Å². The molecule has 1 aromatic carbocycles. The van der Waals surface area contributed by atoms with Gasteiger partial charge in [0.1, 0.15) is 11.5 Å². The molecule has 0 heterocycles. The predicted molar refractivity (Wildman–Crippen MR) is 63.7 cm³/mol. The van der Waals surface area contributed by atoms with Gasteiger partial charge in [-0.3, -0.25) is 4.79 Å². The van der Waals surface area contributed by atoms with Gasteiger partial charge in [-0.2, -0.15) is 0 Å². The normalized spacial score (nSPS) is 24.4. The highest BCUT2D eigenvalue weighted by molar-refractivity contribution is 5.88. The van der Waals surface area contributed by atoms with E-state index in [2.05, 4.69) is 12.1 Å². The number of carbonyl (C=O) groups excluding carboxylic acids is 1. The Morgan fingerprint density at radius 1 is 1.25 bits per heavy atom. The molecule has 0 spiro atoms. The molecule has 0 N–H and O–H groups in total. The lowest BCUT2D eigenvalue weighted by Crippen LogP contribution is -2.32. The van der Waals surface area contributed by atoms with Gasteiger partial charge in [0.05, 0.1) is 6.10 Å². The molecule has 0 saturated heterocycles. The van der Waals surface area contributed by atoms with Crippen LogP contribution in [-0.2, 0) is 4.79 Å². The Bertz CT molecular complexity index is 378. The summed E-state index contributed by atoms with van der Waals surface area (Å²) in [7, 11) is 0. The summed E-state index contributed by atoms with van der Waals surface area (Å²) in [5, 5.41) is 0. The van der Waals surface area contributed by atoms with E-state index in [9.17, 15) is 4.79 Å². The molecule has 0 aliphatic heterocycles. The fraction of sp³-hybridized carbons (Fsp3) is 0.500. The molecule has 1 aliphatic carbocycles. The van der Waals surface area contributed by atoms with Crippen molar-refractivity contribution >= 4 is 5.78 Å². The fourth-order valence-corrected chi connectivity index (χ4v) is 2.12. The number of ether oxygens (including phenoxy) is 1. The van der Waals surface area contributed by atoms with Crippen molar-refractivity contribution in [3.63, 3.8) is 0 Å². The van der Waals surface area contributed by atoms with E-state index in [1.165, 1.54) is 5.56 Å². The Hall–Kier alpha value is -1.31. The van der Waals surface area contributed by atoms with Crippen LogP contribution in [0.25, 0.3) is 0 Å². The number of hydrogen-bond donors (Lipinski definition) is 0. The average molecular weight is 218 g/mol. The zero-order valence-corrected chi connectivity index (χ0v) is 10.1. The number of carbonyl (C=O) groups is 1. The largest absolute Gasteiger partial charge is 0.491 e. The molecule has 0 aromatic heterocycles. The highest BCUT2D eigenvalue weighted by Crippen LogP contribution is 2.39. The smallest absolute Gasteiger partial charge is 0.136 e. The number of benzene rings is 1. The molecule has 0 amide bonds. The van der Waals surface area contributed by atoms with E-state index in [1.807, 2.05) is 32.9 Å².